The molecule has 1 aromatic rings. The Hall–Kier alpha value is -1.67. The summed E-state index contributed by atoms with van der Waals surface area (Å²) in [6.07, 6.45) is -1.29. The van der Waals surface area contributed by atoms with E-state index < -0.39 is 18.7 Å². The number of nitrogens with zero attached hydrogens (tertiary/aromatic N) is 3. The number of aliphatic hydroxyl groups excluding tert-OH is 2. The Morgan fingerprint density at radius 1 is 1.59 bits per heavy atom. The van der Waals surface area contributed by atoms with E-state index in [9.17, 15) is 9.90 Å². The summed E-state index contributed by atoms with van der Waals surface area (Å²) < 4.78 is 6.05. The summed E-state index contributed by atoms with van der Waals surface area (Å²) in [5.74, 6) is -0.662. The predicted molar refractivity (Wildman–Crippen MR) is 58.1 cm³/mol. The predicted octanol–water partition coefficient (Wildman–Crippen LogP) is -1.22. The summed E-state index contributed by atoms with van der Waals surface area (Å²) in [5, 5.41) is 25.1. The van der Waals surface area contributed by atoms with E-state index >= 15 is 0 Å². The van der Waals surface area contributed by atoms with E-state index in [4.69, 9.17) is 15.6 Å². The summed E-state index contributed by atoms with van der Waals surface area (Å²) in [7, 11) is 0. The Labute approximate surface area is 98.0 Å². The largest absolute Gasteiger partial charge is 0.458 e. The van der Waals surface area contributed by atoms with E-state index in [1.54, 1.807) is 13.8 Å². The number of anilines is 1. The van der Waals surface area contributed by atoms with Crippen LogP contribution in [-0.2, 0) is 11.3 Å². The van der Waals surface area contributed by atoms with Gasteiger partial charge in [0.2, 0.25) is 5.69 Å². The molecule has 0 fully saturated rings. The maximum Gasteiger partial charge on any atom is 0.363 e. The molecule has 17 heavy (non-hydrogen) atoms. The van der Waals surface area contributed by atoms with Gasteiger partial charge in [0.1, 0.15) is 0 Å². The highest BCUT2D eigenvalue weighted by molar-refractivity contribution is 5.91. The molecule has 1 heterocycles. The number of nitrogens with two attached hydrogens (primary N) is 1. The Bertz CT molecular complexity index is 390. The van der Waals surface area contributed by atoms with Crippen molar-refractivity contribution in [2.75, 3.05) is 12.3 Å². The molecule has 1 rings (SSSR count). The van der Waals surface area contributed by atoms with E-state index in [2.05, 4.69) is 10.3 Å². The zero-order chi connectivity index (χ0) is 13.0. The molecule has 1 unspecified atom stereocenters. The van der Waals surface area contributed by atoms with Gasteiger partial charge in [0.25, 0.3) is 0 Å². The lowest BCUT2D eigenvalue weighted by Gasteiger charge is -2.08. The number of hydrogen-bond acceptors (Lipinski definition) is 7. The fourth-order valence-corrected chi connectivity index (χ4v) is 1.13. The third-order valence-corrected chi connectivity index (χ3v) is 1.90. The number of carbonyl (C=O) groups is 1. The highest BCUT2D eigenvalue weighted by Gasteiger charge is 2.20. The zero-order valence-electron chi connectivity index (χ0n) is 9.70. The van der Waals surface area contributed by atoms with Gasteiger partial charge in [-0.1, -0.05) is 5.21 Å². The molecule has 8 heteroatoms. The lowest BCUT2D eigenvalue weighted by Crippen LogP contribution is -2.22. The van der Waals surface area contributed by atoms with Crippen molar-refractivity contribution in [3.63, 3.8) is 0 Å². The second-order valence-corrected chi connectivity index (χ2v) is 3.80. The molecule has 0 aliphatic rings. The van der Waals surface area contributed by atoms with E-state index in [1.165, 1.54) is 0 Å². The van der Waals surface area contributed by atoms with Crippen LogP contribution in [0.2, 0.25) is 0 Å². The molecule has 1 aromatic heterocycles. The minimum absolute atomic E-state index is 0.00292. The van der Waals surface area contributed by atoms with Gasteiger partial charge in [-0.25, -0.2) is 9.48 Å². The van der Waals surface area contributed by atoms with Crippen LogP contribution in [-0.4, -0.2) is 50.0 Å². The van der Waals surface area contributed by atoms with E-state index in [-0.39, 0.29) is 24.2 Å². The smallest absolute Gasteiger partial charge is 0.363 e. The molecule has 0 radical (unpaired) electrons. The highest BCUT2D eigenvalue weighted by atomic mass is 16.5. The second-order valence-electron chi connectivity index (χ2n) is 3.80. The van der Waals surface area contributed by atoms with Crippen molar-refractivity contribution >= 4 is 11.8 Å². The molecular formula is C9H16N4O4. The molecule has 0 saturated heterocycles. The van der Waals surface area contributed by atoms with Crippen LogP contribution in [0.3, 0.4) is 0 Å². The van der Waals surface area contributed by atoms with Crippen molar-refractivity contribution < 1.29 is 19.7 Å². The molecule has 0 amide bonds. The fraction of sp³-hybridized carbons (Fsp3) is 0.667. The molecule has 96 valence electrons. The number of ether oxygens (including phenoxy) is 1. The van der Waals surface area contributed by atoms with Crippen LogP contribution in [0.1, 0.15) is 24.3 Å². The Balaban J connectivity index is 2.80. The highest BCUT2D eigenvalue weighted by Crippen LogP contribution is 2.10. The van der Waals surface area contributed by atoms with Crippen molar-refractivity contribution in [3.8, 4) is 0 Å². The number of nitrogen functional groups attached to an aromatic ring is 1. The van der Waals surface area contributed by atoms with Crippen LogP contribution in [0.4, 0.5) is 5.82 Å². The molecule has 0 spiro atoms. The van der Waals surface area contributed by atoms with Gasteiger partial charge >= 0.3 is 5.97 Å². The first kappa shape index (κ1) is 13.4. The Morgan fingerprint density at radius 3 is 2.76 bits per heavy atom. The SMILES string of the molecule is CC(C)OC(=O)c1nnn(CC(O)CO)c1N. The van der Waals surface area contributed by atoms with Gasteiger partial charge in [-0.05, 0) is 13.8 Å². The Kier molecular flexibility index (Phi) is 4.41. The maximum absolute atomic E-state index is 11.5. The number of aromatic nitrogens is 3. The lowest BCUT2D eigenvalue weighted by molar-refractivity contribution is 0.0372. The quantitative estimate of drug-likeness (QED) is 0.554. The van der Waals surface area contributed by atoms with Gasteiger partial charge < -0.3 is 20.7 Å². The minimum Gasteiger partial charge on any atom is -0.458 e. The maximum atomic E-state index is 11.5. The minimum atomic E-state index is -1.01. The molecule has 8 nitrogen and oxygen atoms in total. The number of hydrogen-bond donors (Lipinski definition) is 3. The van der Waals surface area contributed by atoms with Gasteiger partial charge in [-0.15, -0.1) is 5.10 Å². The first-order valence-electron chi connectivity index (χ1n) is 5.14. The van der Waals surface area contributed by atoms with Crippen LogP contribution in [0.25, 0.3) is 0 Å². The Morgan fingerprint density at radius 2 is 2.24 bits per heavy atom. The fourth-order valence-electron chi connectivity index (χ4n) is 1.13. The van der Waals surface area contributed by atoms with Gasteiger partial charge in [-0.2, -0.15) is 0 Å². The topological polar surface area (TPSA) is 123 Å². The molecule has 0 bridgehead atoms. The summed E-state index contributed by atoms with van der Waals surface area (Å²) in [6.45, 7) is 2.94. The number of esters is 1. The molecule has 4 N–H and O–H groups in total. The van der Waals surface area contributed by atoms with Crippen molar-refractivity contribution in [3.05, 3.63) is 5.69 Å². The zero-order valence-corrected chi connectivity index (χ0v) is 9.70. The first-order chi connectivity index (χ1) is 7.95. The van der Waals surface area contributed by atoms with Gasteiger partial charge in [0.05, 0.1) is 25.4 Å². The summed E-state index contributed by atoms with van der Waals surface area (Å²) in [5.41, 5.74) is 5.53. The first-order valence-corrected chi connectivity index (χ1v) is 5.14. The van der Waals surface area contributed by atoms with Gasteiger partial charge in [-0.3, -0.25) is 0 Å². The van der Waals surface area contributed by atoms with Crippen LogP contribution >= 0.6 is 0 Å². The number of aliphatic hydroxyl groups is 2. The molecule has 1 atom stereocenters. The van der Waals surface area contributed by atoms with Crippen molar-refractivity contribution in [2.24, 2.45) is 0 Å². The van der Waals surface area contributed by atoms with Gasteiger partial charge in [0, 0.05) is 0 Å². The molecule has 0 aromatic carbocycles. The lowest BCUT2D eigenvalue weighted by atomic mass is 10.3. The third-order valence-electron chi connectivity index (χ3n) is 1.90. The molecule has 0 saturated carbocycles. The third kappa shape index (κ3) is 3.40. The van der Waals surface area contributed by atoms with E-state index in [1.807, 2.05) is 0 Å². The number of rotatable bonds is 5. The van der Waals surface area contributed by atoms with Crippen molar-refractivity contribution in [1.82, 2.24) is 15.0 Å². The second kappa shape index (κ2) is 5.60. The van der Waals surface area contributed by atoms with Crippen LogP contribution in [0.15, 0.2) is 0 Å². The standard InChI is InChI=1S/C9H16N4O4/c1-5(2)17-9(16)7-8(10)13(12-11-7)3-6(15)4-14/h5-6,14-15H,3-4,10H2,1-2H3. The van der Waals surface area contributed by atoms with E-state index in [0.717, 1.165) is 4.68 Å². The molecule has 0 aliphatic carbocycles. The molecule has 0 aliphatic heterocycles. The summed E-state index contributed by atoms with van der Waals surface area (Å²) in [6, 6.07) is 0. The molecular weight excluding hydrogens is 228 g/mol. The average Bonchev–Trinajstić information content (AvgIpc) is 2.59. The van der Waals surface area contributed by atoms with E-state index in [0.29, 0.717) is 0 Å². The number of carbonyl (C=O) groups excluding carboxylic acids is 1. The van der Waals surface area contributed by atoms with Crippen molar-refractivity contribution in [2.45, 2.75) is 32.6 Å². The van der Waals surface area contributed by atoms with Crippen molar-refractivity contribution in [1.29, 1.82) is 0 Å². The average molecular weight is 244 g/mol. The monoisotopic (exact) mass is 244 g/mol. The summed E-state index contributed by atoms with van der Waals surface area (Å²) >= 11 is 0. The summed E-state index contributed by atoms with van der Waals surface area (Å²) in [4.78, 5) is 11.5. The van der Waals surface area contributed by atoms with Crippen LogP contribution in [0, 0.1) is 0 Å². The normalized spacial score (nSPS) is 12.8. The van der Waals surface area contributed by atoms with Crippen LogP contribution in [0.5, 0.6) is 0 Å². The van der Waals surface area contributed by atoms with Gasteiger partial charge in [0.15, 0.2) is 5.82 Å². The van der Waals surface area contributed by atoms with Crippen LogP contribution < -0.4 is 5.73 Å².